The van der Waals surface area contributed by atoms with Crippen LogP contribution in [0.2, 0.25) is 0 Å². The molecule has 0 aromatic rings. The normalized spacial score (nSPS) is 36.0. The van der Waals surface area contributed by atoms with Crippen LogP contribution in [-0.2, 0) is 4.74 Å². The van der Waals surface area contributed by atoms with Gasteiger partial charge in [-0.3, -0.25) is 0 Å². The van der Waals surface area contributed by atoms with E-state index in [9.17, 15) is 0 Å². The third-order valence-electron chi connectivity index (χ3n) is 3.93. The molecule has 0 saturated carbocycles. The maximum absolute atomic E-state index is 5.53. The molecule has 1 saturated heterocycles. The Bertz CT molecular complexity index is 262. The van der Waals surface area contributed by atoms with E-state index < -0.39 is 0 Å². The largest absolute Gasteiger partial charge is 0.370 e. The van der Waals surface area contributed by atoms with Crippen LogP contribution in [0.15, 0.2) is 11.1 Å². The number of hydrogen-bond acceptors (Lipinski definition) is 1. The third kappa shape index (κ3) is 1.88. The van der Waals surface area contributed by atoms with Crippen molar-refractivity contribution in [3.8, 4) is 0 Å². The summed E-state index contributed by atoms with van der Waals surface area (Å²) in [6.45, 7) is 9.26. The van der Waals surface area contributed by atoms with Gasteiger partial charge in [0.2, 0.25) is 0 Å². The molecule has 2 rings (SSSR count). The van der Waals surface area contributed by atoms with E-state index in [1.165, 1.54) is 25.7 Å². The van der Waals surface area contributed by atoms with E-state index in [1.54, 1.807) is 11.1 Å². The molecule has 0 amide bonds. The van der Waals surface area contributed by atoms with Gasteiger partial charge in [-0.25, -0.2) is 0 Å². The first-order valence-corrected chi connectivity index (χ1v) is 5.85. The van der Waals surface area contributed by atoms with Crippen LogP contribution in [0.3, 0.4) is 0 Å². The number of hydrogen-bond donors (Lipinski definition) is 0. The molecule has 0 radical (unpaired) electrons. The molecule has 14 heavy (non-hydrogen) atoms. The van der Waals surface area contributed by atoms with Crippen molar-refractivity contribution in [2.24, 2.45) is 5.41 Å². The fourth-order valence-corrected chi connectivity index (χ4v) is 2.77. The Morgan fingerprint density at radius 2 is 2.07 bits per heavy atom. The summed E-state index contributed by atoms with van der Waals surface area (Å²) in [6, 6.07) is 0. The Morgan fingerprint density at radius 1 is 1.43 bits per heavy atom. The van der Waals surface area contributed by atoms with Crippen LogP contribution in [0.5, 0.6) is 0 Å². The average molecular weight is 194 g/mol. The van der Waals surface area contributed by atoms with Crippen molar-refractivity contribution < 1.29 is 4.74 Å². The van der Waals surface area contributed by atoms with E-state index >= 15 is 0 Å². The molecule has 0 unspecified atom stereocenters. The average Bonchev–Trinajstić information content (AvgIpc) is 2.75. The van der Waals surface area contributed by atoms with Crippen molar-refractivity contribution in [1.29, 1.82) is 0 Å². The van der Waals surface area contributed by atoms with Gasteiger partial charge in [-0.1, -0.05) is 25.0 Å². The first kappa shape index (κ1) is 10.2. The van der Waals surface area contributed by atoms with Gasteiger partial charge in [-0.2, -0.15) is 0 Å². The highest BCUT2D eigenvalue weighted by atomic mass is 16.6. The quantitative estimate of drug-likeness (QED) is 0.482. The molecule has 2 atom stereocenters. The maximum atomic E-state index is 5.53. The van der Waals surface area contributed by atoms with Crippen molar-refractivity contribution in [3.63, 3.8) is 0 Å². The molecule has 0 N–H and O–H groups in total. The van der Waals surface area contributed by atoms with Crippen LogP contribution in [0.1, 0.15) is 53.4 Å². The van der Waals surface area contributed by atoms with E-state index in [4.69, 9.17) is 4.74 Å². The van der Waals surface area contributed by atoms with Gasteiger partial charge in [0.15, 0.2) is 0 Å². The van der Waals surface area contributed by atoms with Gasteiger partial charge in [0.25, 0.3) is 0 Å². The van der Waals surface area contributed by atoms with Gasteiger partial charge in [0.1, 0.15) is 0 Å². The minimum absolute atomic E-state index is 0.425. The summed E-state index contributed by atoms with van der Waals surface area (Å²) in [7, 11) is 0. The summed E-state index contributed by atoms with van der Waals surface area (Å²) in [4.78, 5) is 0. The summed E-state index contributed by atoms with van der Waals surface area (Å²) >= 11 is 0. The molecule has 1 heteroatoms. The summed E-state index contributed by atoms with van der Waals surface area (Å²) < 4.78 is 5.53. The zero-order valence-electron chi connectivity index (χ0n) is 9.89. The Hall–Kier alpha value is -0.300. The van der Waals surface area contributed by atoms with Gasteiger partial charge in [-0.05, 0) is 44.9 Å². The van der Waals surface area contributed by atoms with Crippen molar-refractivity contribution in [1.82, 2.24) is 0 Å². The lowest BCUT2D eigenvalue weighted by Gasteiger charge is -2.34. The summed E-state index contributed by atoms with van der Waals surface area (Å²) in [6.07, 6.45) is 6.23. The molecule has 1 aliphatic carbocycles. The van der Waals surface area contributed by atoms with E-state index in [1.807, 2.05) is 0 Å². The van der Waals surface area contributed by atoms with Gasteiger partial charge >= 0.3 is 0 Å². The SMILES string of the molecule is CC1=C(C[C@H]2O[C@@H]2C)C(C)(C)CCC1. The molecule has 0 aromatic carbocycles. The second-order valence-corrected chi connectivity index (χ2v) is 5.58. The van der Waals surface area contributed by atoms with E-state index in [0.717, 1.165) is 0 Å². The molecule has 1 fully saturated rings. The zero-order chi connectivity index (χ0) is 10.3. The highest BCUT2D eigenvalue weighted by molar-refractivity contribution is 5.24. The molecule has 0 bridgehead atoms. The second-order valence-electron chi connectivity index (χ2n) is 5.58. The Morgan fingerprint density at radius 3 is 2.57 bits per heavy atom. The van der Waals surface area contributed by atoms with Crippen molar-refractivity contribution in [3.05, 3.63) is 11.1 Å². The minimum atomic E-state index is 0.425. The van der Waals surface area contributed by atoms with Crippen LogP contribution >= 0.6 is 0 Å². The Labute approximate surface area is 87.5 Å². The maximum Gasteiger partial charge on any atom is 0.0876 e. The lowest BCUT2D eigenvalue weighted by Crippen LogP contribution is -2.21. The molecule has 1 heterocycles. The molecule has 0 spiro atoms. The summed E-state index contributed by atoms with van der Waals surface area (Å²) in [5, 5.41) is 0. The molecular weight excluding hydrogens is 172 g/mol. The smallest absolute Gasteiger partial charge is 0.0876 e. The van der Waals surface area contributed by atoms with Crippen molar-refractivity contribution >= 4 is 0 Å². The van der Waals surface area contributed by atoms with E-state index in [2.05, 4.69) is 27.7 Å². The van der Waals surface area contributed by atoms with Gasteiger partial charge < -0.3 is 4.74 Å². The molecule has 80 valence electrons. The fourth-order valence-electron chi connectivity index (χ4n) is 2.77. The topological polar surface area (TPSA) is 12.5 Å². The summed E-state index contributed by atoms with van der Waals surface area (Å²) in [5.41, 5.74) is 3.73. The minimum Gasteiger partial charge on any atom is -0.370 e. The van der Waals surface area contributed by atoms with Gasteiger partial charge in [0.05, 0.1) is 12.2 Å². The van der Waals surface area contributed by atoms with Crippen LogP contribution in [0.25, 0.3) is 0 Å². The number of ether oxygens (including phenoxy) is 1. The summed E-state index contributed by atoms with van der Waals surface area (Å²) in [5.74, 6) is 0. The van der Waals surface area contributed by atoms with Crippen LogP contribution < -0.4 is 0 Å². The molecule has 0 aromatic heterocycles. The molecule has 1 nitrogen and oxygen atoms in total. The standard InChI is InChI=1S/C13H22O/c1-9-6-5-7-13(3,4)11(9)8-12-10(2)14-12/h10,12H,5-8H2,1-4H3/t10-,12-/m1/s1. The highest BCUT2D eigenvalue weighted by Crippen LogP contribution is 2.44. The van der Waals surface area contributed by atoms with Gasteiger partial charge in [0, 0.05) is 0 Å². The zero-order valence-corrected chi connectivity index (χ0v) is 9.89. The first-order chi connectivity index (χ1) is 6.50. The molecule has 2 aliphatic rings. The van der Waals surface area contributed by atoms with Crippen molar-refractivity contribution in [2.75, 3.05) is 0 Å². The van der Waals surface area contributed by atoms with Crippen LogP contribution in [-0.4, -0.2) is 12.2 Å². The van der Waals surface area contributed by atoms with Gasteiger partial charge in [-0.15, -0.1) is 0 Å². The predicted molar refractivity (Wildman–Crippen MR) is 59.3 cm³/mol. The molecular formula is C13H22O. The fraction of sp³-hybridized carbons (Fsp3) is 0.846. The monoisotopic (exact) mass is 194 g/mol. The first-order valence-electron chi connectivity index (χ1n) is 5.85. The predicted octanol–water partition coefficient (Wildman–Crippen LogP) is 3.69. The molecule has 1 aliphatic heterocycles. The second kappa shape index (κ2) is 3.37. The lowest BCUT2D eigenvalue weighted by atomic mass is 9.71. The van der Waals surface area contributed by atoms with Crippen LogP contribution in [0, 0.1) is 5.41 Å². The highest BCUT2D eigenvalue weighted by Gasteiger charge is 2.39. The number of allylic oxidation sites excluding steroid dienone is 1. The van der Waals surface area contributed by atoms with Crippen LogP contribution in [0.4, 0.5) is 0 Å². The third-order valence-corrected chi connectivity index (χ3v) is 3.93. The number of rotatable bonds is 2. The Balaban J connectivity index is 2.11. The van der Waals surface area contributed by atoms with Crippen molar-refractivity contribution in [2.45, 2.75) is 65.6 Å². The Kier molecular flexibility index (Phi) is 2.46. The van der Waals surface area contributed by atoms with E-state index in [0.29, 0.717) is 17.6 Å². The van der Waals surface area contributed by atoms with E-state index in [-0.39, 0.29) is 0 Å². The number of epoxide rings is 1. The lowest BCUT2D eigenvalue weighted by molar-refractivity contribution is 0.327.